The van der Waals surface area contributed by atoms with E-state index in [-0.39, 0.29) is 4.90 Å². The smallest absolute Gasteiger partial charge is 0.282 e. The molecule has 0 amide bonds. The maximum Gasteiger partial charge on any atom is 0.295 e. The van der Waals surface area contributed by atoms with E-state index in [1.165, 1.54) is 6.07 Å². The Morgan fingerprint density at radius 2 is 1.57 bits per heavy atom. The number of fused-ring (bicyclic) bond motifs is 2. The lowest BCUT2D eigenvalue weighted by Gasteiger charge is -2.15. The minimum atomic E-state index is -4.10. The van der Waals surface area contributed by atoms with Crippen LogP contribution in [0.5, 0.6) is 0 Å². The van der Waals surface area contributed by atoms with E-state index < -0.39 is 10.1 Å². The molecular weight excluding hydrogens is 200 g/mol. The lowest BCUT2D eigenvalue weighted by Crippen LogP contribution is -2.02. The standard InChI is InChI=1S/C10H6O3S/c11-14(12,13)9-5-4-6-7-2-1-3-8(6)10(7)9/h1-5H,(H,11,12,13). The first kappa shape index (κ1) is 7.96. The normalized spacial score (nSPS) is 13.2. The Balaban J connectivity index is 2.56. The maximum atomic E-state index is 11.0. The van der Waals surface area contributed by atoms with E-state index in [0.717, 1.165) is 16.2 Å². The van der Waals surface area contributed by atoms with Gasteiger partial charge in [-0.05, 0) is 22.2 Å². The molecule has 70 valence electrons. The number of rotatable bonds is 1. The summed E-state index contributed by atoms with van der Waals surface area (Å²) in [4.78, 5) is 0.0121. The fraction of sp³-hybridized carbons (Fsp3) is 0. The molecule has 0 aromatic heterocycles. The molecule has 4 aromatic carbocycles. The summed E-state index contributed by atoms with van der Waals surface area (Å²) in [6.07, 6.45) is 0. The van der Waals surface area contributed by atoms with Gasteiger partial charge in [0.15, 0.2) is 0 Å². The van der Waals surface area contributed by atoms with Gasteiger partial charge in [0.2, 0.25) is 0 Å². The fourth-order valence-corrected chi connectivity index (χ4v) is 2.70. The first-order valence-electron chi connectivity index (χ1n) is 4.12. The molecule has 4 aromatic rings. The minimum Gasteiger partial charge on any atom is -0.282 e. The number of hydrogen-bond acceptors (Lipinski definition) is 2. The van der Waals surface area contributed by atoms with E-state index in [4.69, 9.17) is 4.55 Å². The van der Waals surface area contributed by atoms with Crippen molar-refractivity contribution in [2.45, 2.75) is 4.90 Å². The lowest BCUT2D eigenvalue weighted by molar-refractivity contribution is 0.484. The van der Waals surface area contributed by atoms with E-state index in [0.29, 0.717) is 5.39 Å². The highest BCUT2D eigenvalue weighted by molar-refractivity contribution is 7.86. The summed E-state index contributed by atoms with van der Waals surface area (Å²) in [6.45, 7) is 0. The molecule has 0 saturated heterocycles. The molecule has 0 saturated carbocycles. The Hall–Kier alpha value is -1.39. The third-order valence-corrected chi connectivity index (χ3v) is 3.47. The second kappa shape index (κ2) is 2.16. The molecule has 3 nitrogen and oxygen atoms in total. The molecule has 0 unspecified atom stereocenters. The van der Waals surface area contributed by atoms with Gasteiger partial charge in [0.1, 0.15) is 4.90 Å². The summed E-state index contributed by atoms with van der Waals surface area (Å²) in [5, 5.41) is 3.55. The van der Waals surface area contributed by atoms with Crippen molar-refractivity contribution < 1.29 is 13.0 Å². The van der Waals surface area contributed by atoms with Crippen LogP contribution >= 0.6 is 0 Å². The molecule has 0 aliphatic carbocycles. The predicted molar refractivity (Wildman–Crippen MR) is 53.6 cm³/mol. The molecule has 1 N–H and O–H groups in total. The third-order valence-electron chi connectivity index (χ3n) is 2.57. The van der Waals surface area contributed by atoms with Gasteiger partial charge in [0.05, 0.1) is 0 Å². The molecule has 4 heteroatoms. The van der Waals surface area contributed by atoms with E-state index >= 15 is 0 Å². The van der Waals surface area contributed by atoms with Crippen molar-refractivity contribution in [2.75, 3.05) is 0 Å². The van der Waals surface area contributed by atoms with Crippen LogP contribution in [0.2, 0.25) is 0 Å². The van der Waals surface area contributed by atoms with Gasteiger partial charge in [0.25, 0.3) is 10.1 Å². The Kier molecular flexibility index (Phi) is 1.23. The Bertz CT molecular complexity index is 670. The van der Waals surface area contributed by atoms with Crippen LogP contribution in [0, 0.1) is 0 Å². The fourth-order valence-electron chi connectivity index (χ4n) is 1.99. The van der Waals surface area contributed by atoms with Crippen LogP contribution in [0.15, 0.2) is 35.2 Å². The van der Waals surface area contributed by atoms with Gasteiger partial charge in [0, 0.05) is 5.39 Å². The zero-order valence-corrected chi connectivity index (χ0v) is 7.88. The maximum absolute atomic E-state index is 11.0. The molecule has 0 spiro atoms. The molecule has 0 aliphatic heterocycles. The van der Waals surface area contributed by atoms with Crippen LogP contribution in [0.4, 0.5) is 0 Å². The van der Waals surface area contributed by atoms with Crippen LogP contribution in [0.25, 0.3) is 21.5 Å². The lowest BCUT2D eigenvalue weighted by atomic mass is 9.92. The number of benzene rings is 4. The molecule has 4 rings (SSSR count). The Morgan fingerprint density at radius 1 is 0.929 bits per heavy atom. The average molecular weight is 206 g/mol. The van der Waals surface area contributed by atoms with Gasteiger partial charge in [-0.3, -0.25) is 4.55 Å². The second-order valence-electron chi connectivity index (χ2n) is 3.31. The van der Waals surface area contributed by atoms with E-state index in [1.807, 2.05) is 18.2 Å². The second-order valence-corrected chi connectivity index (χ2v) is 4.70. The monoisotopic (exact) mass is 206 g/mol. The molecule has 0 atom stereocenters. The van der Waals surface area contributed by atoms with Gasteiger partial charge < -0.3 is 0 Å². The van der Waals surface area contributed by atoms with Gasteiger partial charge in [-0.25, -0.2) is 0 Å². The van der Waals surface area contributed by atoms with Gasteiger partial charge >= 0.3 is 0 Å². The summed E-state index contributed by atoms with van der Waals surface area (Å²) in [5.74, 6) is 0. The predicted octanol–water partition coefficient (Wildman–Crippen LogP) is 2.12. The van der Waals surface area contributed by atoms with Crippen molar-refractivity contribution in [3.8, 4) is 0 Å². The highest BCUT2D eigenvalue weighted by atomic mass is 32.2. The summed E-state index contributed by atoms with van der Waals surface area (Å²) in [6, 6.07) is 8.75. The Labute approximate surface area is 80.4 Å². The highest BCUT2D eigenvalue weighted by Crippen LogP contribution is 2.40. The quantitative estimate of drug-likeness (QED) is 0.620. The van der Waals surface area contributed by atoms with Crippen molar-refractivity contribution in [3.63, 3.8) is 0 Å². The first-order chi connectivity index (χ1) is 6.59. The van der Waals surface area contributed by atoms with Crippen molar-refractivity contribution in [2.24, 2.45) is 0 Å². The van der Waals surface area contributed by atoms with Crippen LogP contribution < -0.4 is 0 Å². The number of hydrogen-bond donors (Lipinski definition) is 1. The van der Waals surface area contributed by atoms with Crippen LogP contribution in [0.1, 0.15) is 0 Å². The van der Waals surface area contributed by atoms with Crippen LogP contribution in [0.3, 0.4) is 0 Å². The van der Waals surface area contributed by atoms with E-state index in [9.17, 15) is 8.42 Å². The molecule has 0 heterocycles. The summed E-state index contributed by atoms with van der Waals surface area (Å²) < 4.78 is 31.0. The van der Waals surface area contributed by atoms with Crippen molar-refractivity contribution >= 4 is 31.7 Å². The SMILES string of the molecule is O=S(=O)(O)c1ccc2c3cccc2c13. The van der Waals surface area contributed by atoms with Crippen molar-refractivity contribution in [1.29, 1.82) is 0 Å². The zero-order valence-electron chi connectivity index (χ0n) is 7.06. The molecule has 0 radical (unpaired) electrons. The molecular formula is C10H6O3S. The van der Waals surface area contributed by atoms with Gasteiger partial charge in [-0.1, -0.05) is 24.3 Å². The molecule has 14 heavy (non-hydrogen) atoms. The average Bonchev–Trinajstić information content (AvgIpc) is 2.18. The first-order valence-corrected chi connectivity index (χ1v) is 5.56. The summed E-state index contributed by atoms with van der Waals surface area (Å²) in [5.41, 5.74) is 0. The summed E-state index contributed by atoms with van der Waals surface area (Å²) in [7, 11) is -4.10. The highest BCUT2D eigenvalue weighted by Gasteiger charge is 2.21. The topological polar surface area (TPSA) is 54.4 Å². The van der Waals surface area contributed by atoms with Crippen LogP contribution in [-0.2, 0) is 10.1 Å². The third kappa shape index (κ3) is 0.773. The molecule has 4 bridgehead atoms. The van der Waals surface area contributed by atoms with Gasteiger partial charge in [-0.15, -0.1) is 0 Å². The molecule has 0 aliphatic rings. The summed E-state index contributed by atoms with van der Waals surface area (Å²) >= 11 is 0. The largest absolute Gasteiger partial charge is 0.295 e. The van der Waals surface area contributed by atoms with Gasteiger partial charge in [-0.2, -0.15) is 8.42 Å². The van der Waals surface area contributed by atoms with E-state index in [1.54, 1.807) is 6.07 Å². The van der Waals surface area contributed by atoms with Crippen molar-refractivity contribution in [1.82, 2.24) is 0 Å². The van der Waals surface area contributed by atoms with E-state index in [2.05, 4.69) is 0 Å². The molecule has 0 fully saturated rings. The zero-order chi connectivity index (χ0) is 9.92. The minimum absolute atomic E-state index is 0.0121. The van der Waals surface area contributed by atoms with Crippen molar-refractivity contribution in [3.05, 3.63) is 30.3 Å². The van der Waals surface area contributed by atoms with Crippen LogP contribution in [-0.4, -0.2) is 13.0 Å². The Morgan fingerprint density at radius 3 is 2.14 bits per heavy atom.